The van der Waals surface area contributed by atoms with Gasteiger partial charge < -0.3 is 19.3 Å². The van der Waals surface area contributed by atoms with Gasteiger partial charge >= 0.3 is 5.97 Å². The lowest BCUT2D eigenvalue weighted by molar-refractivity contribution is -0.265. The highest BCUT2D eigenvalue weighted by Gasteiger charge is 2.56. The van der Waals surface area contributed by atoms with Crippen molar-refractivity contribution in [3.63, 3.8) is 0 Å². The van der Waals surface area contributed by atoms with Gasteiger partial charge in [0.05, 0.1) is 13.2 Å². The molecule has 7 heteroatoms. The Balaban J connectivity index is 2.12. The molecule has 0 bridgehead atoms. The Kier molecular flexibility index (Phi) is 12.6. The van der Waals surface area contributed by atoms with E-state index < -0.39 is 30.3 Å². The number of aliphatic hydroxyl groups is 1. The van der Waals surface area contributed by atoms with Gasteiger partial charge in [-0.3, -0.25) is 4.79 Å². The van der Waals surface area contributed by atoms with Gasteiger partial charge in [0.2, 0.25) is 0 Å². The first-order valence-electron chi connectivity index (χ1n) is 12.6. The first-order valence-corrected chi connectivity index (χ1v) is 12.6. The Hall–Kier alpha value is -1.31. The molecule has 1 N–H and O–H groups in total. The van der Waals surface area contributed by atoms with Crippen molar-refractivity contribution in [3.8, 4) is 0 Å². The molecule has 1 saturated carbocycles. The zero-order chi connectivity index (χ0) is 24.1. The maximum Gasteiger partial charge on any atom is 0.305 e. The number of methoxy groups -OCH3 is 1. The topological polar surface area (TPSA) is 65.0 Å². The molecule has 0 radical (unpaired) electrons. The smallest absolute Gasteiger partial charge is 0.305 e. The fraction of sp³-hybridized carbons (Fsp3) is 0.808. The molecule has 0 amide bonds. The zero-order valence-corrected chi connectivity index (χ0v) is 20.2. The first kappa shape index (κ1) is 27.9. The van der Waals surface area contributed by atoms with Crippen LogP contribution in [-0.2, 0) is 19.0 Å². The Morgan fingerprint density at radius 3 is 2.73 bits per heavy atom. The number of aliphatic hydroxyl groups excluding tert-OH is 1. The summed E-state index contributed by atoms with van der Waals surface area (Å²) in [7, 11) is 1.34. The molecule has 2 aliphatic rings. The second kappa shape index (κ2) is 14.8. The average molecular weight is 473 g/mol. The van der Waals surface area contributed by atoms with E-state index in [-0.39, 0.29) is 24.7 Å². The molecular weight excluding hydrogens is 430 g/mol. The molecular formula is C26H42F2O5. The van der Waals surface area contributed by atoms with Gasteiger partial charge in [-0.25, -0.2) is 8.78 Å². The molecule has 0 aromatic carbocycles. The van der Waals surface area contributed by atoms with Crippen molar-refractivity contribution >= 4 is 5.97 Å². The summed E-state index contributed by atoms with van der Waals surface area (Å²) >= 11 is 0. The minimum atomic E-state index is -1.56. The van der Waals surface area contributed by atoms with Gasteiger partial charge in [0.25, 0.3) is 0 Å². The van der Waals surface area contributed by atoms with Crippen molar-refractivity contribution in [1.29, 1.82) is 0 Å². The lowest BCUT2D eigenvalue weighted by Gasteiger charge is -2.42. The third-order valence-corrected chi connectivity index (χ3v) is 6.67. The van der Waals surface area contributed by atoms with Gasteiger partial charge in [-0.1, -0.05) is 44.1 Å². The highest BCUT2D eigenvalue weighted by Crippen LogP contribution is 2.46. The number of alkyl halides is 2. The van der Waals surface area contributed by atoms with Gasteiger partial charge in [-0.15, -0.1) is 0 Å². The number of ether oxygens (including phenoxy) is 3. The van der Waals surface area contributed by atoms with Gasteiger partial charge in [-0.2, -0.15) is 0 Å². The van der Waals surface area contributed by atoms with Crippen LogP contribution >= 0.6 is 0 Å². The van der Waals surface area contributed by atoms with Crippen molar-refractivity contribution in [2.24, 2.45) is 5.92 Å². The van der Waals surface area contributed by atoms with E-state index in [0.717, 1.165) is 25.7 Å². The summed E-state index contributed by atoms with van der Waals surface area (Å²) in [6.07, 6.45) is 10.1. The predicted molar refractivity (Wildman–Crippen MR) is 124 cm³/mol. The molecule has 0 aromatic rings. The zero-order valence-electron chi connectivity index (χ0n) is 20.2. The number of carbonyl (C=O) groups excluding carboxylic acids is 1. The molecule has 1 aliphatic carbocycles. The quantitative estimate of drug-likeness (QED) is 0.198. The number of allylic oxidation sites excluding steroid dienone is 2. The van der Waals surface area contributed by atoms with Crippen LogP contribution in [0, 0.1) is 5.92 Å². The molecule has 0 spiro atoms. The summed E-state index contributed by atoms with van der Waals surface area (Å²) in [5, 5.41) is 10.9. The Morgan fingerprint density at radius 1 is 1.21 bits per heavy atom. The molecule has 1 saturated heterocycles. The number of carbonyl (C=O) groups is 1. The van der Waals surface area contributed by atoms with Crippen molar-refractivity contribution in [1.82, 2.24) is 0 Å². The van der Waals surface area contributed by atoms with Gasteiger partial charge in [0, 0.05) is 18.9 Å². The second-order valence-electron chi connectivity index (χ2n) is 9.17. The monoisotopic (exact) mass is 472 g/mol. The highest BCUT2D eigenvalue weighted by molar-refractivity contribution is 5.69. The van der Waals surface area contributed by atoms with E-state index in [4.69, 9.17) is 9.47 Å². The Bertz CT molecular complexity index is 620. The number of halogens is 2. The fourth-order valence-electron chi connectivity index (χ4n) is 4.70. The Morgan fingerprint density at radius 2 is 2.03 bits per heavy atom. The van der Waals surface area contributed by atoms with Crippen LogP contribution in [0.25, 0.3) is 0 Å². The summed E-state index contributed by atoms with van der Waals surface area (Å²) in [4.78, 5) is 11.3. The summed E-state index contributed by atoms with van der Waals surface area (Å²) in [5.74, 6) is -0.679. The summed E-state index contributed by atoms with van der Waals surface area (Å²) in [6.45, 7) is 2.59. The van der Waals surface area contributed by atoms with E-state index >= 15 is 4.39 Å². The van der Waals surface area contributed by atoms with E-state index in [0.29, 0.717) is 45.1 Å². The number of rotatable bonds is 14. The SMILES string of the molecule is CCCC[C@@H](F)CC=C[C@H]1CC[C@H](O)[C@]1(OC1CCCCO1)C(F)C=CCCCC(=O)OC. The number of esters is 1. The molecule has 1 heterocycles. The first-order chi connectivity index (χ1) is 15.9. The largest absolute Gasteiger partial charge is 0.469 e. The lowest BCUT2D eigenvalue weighted by Crippen LogP contribution is -2.55. The van der Waals surface area contributed by atoms with Gasteiger partial charge in [0.15, 0.2) is 12.5 Å². The van der Waals surface area contributed by atoms with E-state index in [2.05, 4.69) is 4.74 Å². The molecule has 0 aromatic heterocycles. The van der Waals surface area contributed by atoms with Gasteiger partial charge in [0.1, 0.15) is 11.8 Å². The maximum absolute atomic E-state index is 15.8. The van der Waals surface area contributed by atoms with E-state index in [9.17, 15) is 14.3 Å². The van der Waals surface area contributed by atoms with Crippen LogP contribution in [0.15, 0.2) is 24.3 Å². The molecule has 33 heavy (non-hydrogen) atoms. The van der Waals surface area contributed by atoms with E-state index in [1.165, 1.54) is 13.2 Å². The van der Waals surface area contributed by atoms with Crippen LogP contribution in [-0.4, -0.2) is 55.1 Å². The molecule has 190 valence electrons. The summed E-state index contributed by atoms with van der Waals surface area (Å²) in [5.41, 5.74) is -1.47. The molecule has 2 unspecified atom stereocenters. The summed E-state index contributed by atoms with van der Waals surface area (Å²) < 4.78 is 46.5. The molecule has 6 atom stereocenters. The average Bonchev–Trinajstić information content (AvgIpc) is 3.13. The predicted octanol–water partition coefficient (Wildman–Crippen LogP) is 5.75. The minimum Gasteiger partial charge on any atom is -0.469 e. The van der Waals surface area contributed by atoms with Crippen LogP contribution in [0.2, 0.25) is 0 Å². The van der Waals surface area contributed by atoms with Crippen molar-refractivity contribution in [2.75, 3.05) is 13.7 Å². The third-order valence-electron chi connectivity index (χ3n) is 6.67. The normalized spacial score (nSPS) is 30.2. The van der Waals surface area contributed by atoms with Crippen LogP contribution in [0.3, 0.4) is 0 Å². The Labute approximate surface area is 197 Å². The molecule has 2 fully saturated rings. The minimum absolute atomic E-state index is 0.270. The van der Waals surface area contributed by atoms with Crippen molar-refractivity contribution < 1.29 is 32.9 Å². The van der Waals surface area contributed by atoms with E-state index in [1.807, 2.05) is 13.0 Å². The lowest BCUT2D eigenvalue weighted by atomic mass is 9.83. The number of unbranched alkanes of at least 4 members (excludes halogenated alkanes) is 2. The van der Waals surface area contributed by atoms with Crippen LogP contribution in [0.1, 0.15) is 84.0 Å². The molecule has 5 nitrogen and oxygen atoms in total. The van der Waals surface area contributed by atoms with Crippen molar-refractivity contribution in [3.05, 3.63) is 24.3 Å². The van der Waals surface area contributed by atoms with Crippen LogP contribution in [0.5, 0.6) is 0 Å². The van der Waals surface area contributed by atoms with Gasteiger partial charge in [-0.05, 0) is 57.8 Å². The second-order valence-corrected chi connectivity index (χ2v) is 9.17. The highest BCUT2D eigenvalue weighted by atomic mass is 19.1. The maximum atomic E-state index is 15.8. The van der Waals surface area contributed by atoms with E-state index in [1.54, 1.807) is 12.2 Å². The summed E-state index contributed by atoms with van der Waals surface area (Å²) in [6, 6.07) is 0. The van der Waals surface area contributed by atoms with Crippen LogP contribution < -0.4 is 0 Å². The standard InChI is InChI=1S/C26H42F2O5/c1-3-4-12-21(27)13-10-11-20-17-18-23(29)26(20,33-25-16-8-9-19-32-25)22(28)14-6-5-7-15-24(30)31-2/h6,10-11,14,20-23,25,29H,3-5,7-9,12-13,15-19H2,1-2H3/t20-,21+,22?,23-,25?,26+/m0/s1. The number of hydrogen-bond acceptors (Lipinski definition) is 5. The third kappa shape index (κ3) is 8.45. The van der Waals surface area contributed by atoms with Crippen molar-refractivity contribution in [2.45, 2.75) is 114 Å². The fourth-order valence-corrected chi connectivity index (χ4v) is 4.70. The molecule has 2 rings (SSSR count). The van der Waals surface area contributed by atoms with Crippen LogP contribution in [0.4, 0.5) is 8.78 Å². The molecule has 1 aliphatic heterocycles. The number of hydrogen-bond donors (Lipinski definition) is 1.